The van der Waals surface area contributed by atoms with Crippen LogP contribution in [0.2, 0.25) is 5.02 Å². The summed E-state index contributed by atoms with van der Waals surface area (Å²) in [6, 6.07) is 5.07. The highest BCUT2D eigenvalue weighted by molar-refractivity contribution is 6.31. The molecule has 1 amide bonds. The Morgan fingerprint density at radius 1 is 1.43 bits per heavy atom. The number of carbonyl (C=O) groups excluding carboxylic acids is 1. The molecule has 1 saturated heterocycles. The first kappa shape index (κ1) is 14.2. The van der Waals surface area contributed by atoms with Crippen LogP contribution >= 0.6 is 11.6 Å². The highest BCUT2D eigenvalue weighted by Gasteiger charge is 2.34. The number of fused-ring (bicyclic) bond motifs is 1. The lowest BCUT2D eigenvalue weighted by Gasteiger charge is -2.31. The Morgan fingerprint density at radius 3 is 2.95 bits per heavy atom. The molecular weight excluding hydrogens is 298 g/mol. The fraction of sp³-hybridized carbons (Fsp3) is 0.429. The number of anilines is 1. The second kappa shape index (κ2) is 5.54. The van der Waals surface area contributed by atoms with E-state index in [1.54, 1.807) is 23.1 Å². The molecule has 1 fully saturated rings. The molecule has 2 heterocycles. The predicted octanol–water partition coefficient (Wildman–Crippen LogP) is 1.70. The van der Waals surface area contributed by atoms with Crippen molar-refractivity contribution >= 4 is 29.2 Å². The molecule has 112 valence electrons. The van der Waals surface area contributed by atoms with E-state index in [1.165, 1.54) is 0 Å². The van der Waals surface area contributed by atoms with Gasteiger partial charge in [0.05, 0.1) is 18.3 Å². The van der Waals surface area contributed by atoms with E-state index in [9.17, 15) is 9.59 Å². The van der Waals surface area contributed by atoms with Crippen LogP contribution in [-0.2, 0) is 14.3 Å². The number of benzene rings is 1. The lowest BCUT2D eigenvalue weighted by Crippen LogP contribution is -2.43. The van der Waals surface area contributed by atoms with Crippen LogP contribution in [0, 0.1) is 0 Å². The zero-order valence-electron chi connectivity index (χ0n) is 11.1. The van der Waals surface area contributed by atoms with Crippen molar-refractivity contribution in [2.75, 3.05) is 18.1 Å². The number of hydrogen-bond donors (Lipinski definition) is 1. The van der Waals surface area contributed by atoms with Crippen LogP contribution in [0.25, 0.3) is 0 Å². The molecule has 0 bridgehead atoms. The van der Waals surface area contributed by atoms with Crippen molar-refractivity contribution in [2.45, 2.75) is 25.0 Å². The molecule has 21 heavy (non-hydrogen) atoms. The zero-order chi connectivity index (χ0) is 15.0. The summed E-state index contributed by atoms with van der Waals surface area (Å²) in [5.41, 5.74) is 0.598. The van der Waals surface area contributed by atoms with Gasteiger partial charge in [-0.15, -0.1) is 0 Å². The van der Waals surface area contributed by atoms with Gasteiger partial charge in [-0.25, -0.2) is 4.79 Å². The summed E-state index contributed by atoms with van der Waals surface area (Å²) in [6.45, 7) is 0.267. The Morgan fingerprint density at radius 2 is 2.24 bits per heavy atom. The minimum atomic E-state index is -0.964. The molecule has 1 N–H and O–H groups in total. The maximum atomic E-state index is 12.1. The van der Waals surface area contributed by atoms with Crippen molar-refractivity contribution in [1.82, 2.24) is 0 Å². The molecule has 1 aromatic carbocycles. The van der Waals surface area contributed by atoms with Gasteiger partial charge >= 0.3 is 5.97 Å². The first-order chi connectivity index (χ1) is 10.0. The molecule has 2 aliphatic rings. The van der Waals surface area contributed by atoms with Crippen molar-refractivity contribution in [2.24, 2.45) is 0 Å². The number of carbonyl (C=O) groups is 2. The second-order valence-electron chi connectivity index (χ2n) is 5.07. The van der Waals surface area contributed by atoms with E-state index in [0.29, 0.717) is 35.8 Å². The molecule has 3 rings (SSSR count). The highest BCUT2D eigenvalue weighted by Crippen LogP contribution is 2.35. The summed E-state index contributed by atoms with van der Waals surface area (Å²) >= 11 is 5.97. The van der Waals surface area contributed by atoms with E-state index in [2.05, 4.69) is 0 Å². The lowest BCUT2D eigenvalue weighted by atomic mass is 10.1. The van der Waals surface area contributed by atoms with Gasteiger partial charge in [-0.05, 0) is 31.0 Å². The van der Waals surface area contributed by atoms with E-state index in [-0.39, 0.29) is 18.6 Å². The van der Waals surface area contributed by atoms with Crippen molar-refractivity contribution < 1.29 is 24.2 Å². The molecule has 1 aromatic rings. The summed E-state index contributed by atoms with van der Waals surface area (Å²) in [4.78, 5) is 24.5. The molecule has 0 saturated carbocycles. The Kier molecular flexibility index (Phi) is 3.73. The molecular formula is C14H14ClNO5. The Hall–Kier alpha value is -1.79. The van der Waals surface area contributed by atoms with Crippen LogP contribution in [0.3, 0.4) is 0 Å². The normalized spacial score (nSPS) is 24.6. The van der Waals surface area contributed by atoms with Gasteiger partial charge in [-0.3, -0.25) is 4.79 Å². The number of halogens is 1. The summed E-state index contributed by atoms with van der Waals surface area (Å²) in [7, 11) is 0. The van der Waals surface area contributed by atoms with Crippen molar-refractivity contribution in [3.63, 3.8) is 0 Å². The SMILES string of the molecule is O=C(O)C1CCC(CN2C(=O)COc3ccc(Cl)cc32)O1. The smallest absolute Gasteiger partial charge is 0.332 e. The van der Waals surface area contributed by atoms with Crippen LogP contribution in [0.1, 0.15) is 12.8 Å². The summed E-state index contributed by atoms with van der Waals surface area (Å²) < 4.78 is 10.8. The Bertz CT molecular complexity index is 591. The summed E-state index contributed by atoms with van der Waals surface area (Å²) in [5.74, 6) is -0.562. The van der Waals surface area contributed by atoms with Crippen molar-refractivity contribution in [1.29, 1.82) is 0 Å². The molecule has 0 spiro atoms. The van der Waals surface area contributed by atoms with Crippen molar-refractivity contribution in [3.8, 4) is 5.75 Å². The van der Waals surface area contributed by atoms with E-state index in [4.69, 9.17) is 26.2 Å². The van der Waals surface area contributed by atoms with Gasteiger partial charge in [0, 0.05) is 5.02 Å². The Labute approximate surface area is 126 Å². The fourth-order valence-electron chi connectivity index (χ4n) is 2.60. The molecule has 0 aromatic heterocycles. The van der Waals surface area contributed by atoms with Crippen molar-refractivity contribution in [3.05, 3.63) is 23.2 Å². The number of nitrogens with zero attached hydrogens (tertiary/aromatic N) is 1. The molecule has 2 atom stereocenters. The third-order valence-electron chi connectivity index (χ3n) is 3.63. The monoisotopic (exact) mass is 311 g/mol. The van der Waals surface area contributed by atoms with Gasteiger partial charge < -0.3 is 19.5 Å². The standard InChI is InChI=1S/C14H14ClNO5/c15-8-1-3-11-10(5-8)16(13(17)7-20-11)6-9-2-4-12(21-9)14(18)19/h1,3,5,9,12H,2,4,6-7H2,(H,18,19). The minimum Gasteiger partial charge on any atom is -0.482 e. The number of carboxylic acid groups (broad SMARTS) is 1. The molecule has 2 unspecified atom stereocenters. The minimum absolute atomic E-state index is 0.0380. The van der Waals surface area contributed by atoms with E-state index in [0.717, 1.165) is 0 Å². The van der Waals surface area contributed by atoms with Gasteiger partial charge in [0.25, 0.3) is 5.91 Å². The second-order valence-corrected chi connectivity index (χ2v) is 5.50. The number of rotatable bonds is 3. The average Bonchev–Trinajstić information content (AvgIpc) is 2.91. The predicted molar refractivity (Wildman–Crippen MR) is 74.8 cm³/mol. The molecule has 0 radical (unpaired) electrons. The first-order valence-electron chi connectivity index (χ1n) is 6.65. The molecule has 7 heteroatoms. The quantitative estimate of drug-likeness (QED) is 0.919. The summed E-state index contributed by atoms with van der Waals surface area (Å²) in [5, 5.41) is 9.45. The number of ether oxygens (including phenoxy) is 2. The van der Waals surface area contributed by atoms with Crippen LogP contribution in [-0.4, -0.2) is 42.3 Å². The van der Waals surface area contributed by atoms with Gasteiger partial charge in [0.2, 0.25) is 0 Å². The zero-order valence-corrected chi connectivity index (χ0v) is 11.9. The van der Waals surface area contributed by atoms with Gasteiger partial charge in [-0.2, -0.15) is 0 Å². The van der Waals surface area contributed by atoms with Crippen LogP contribution < -0.4 is 9.64 Å². The van der Waals surface area contributed by atoms with E-state index >= 15 is 0 Å². The fourth-order valence-corrected chi connectivity index (χ4v) is 2.77. The largest absolute Gasteiger partial charge is 0.482 e. The maximum absolute atomic E-state index is 12.1. The molecule has 6 nitrogen and oxygen atoms in total. The van der Waals surface area contributed by atoms with Crippen LogP contribution in [0.4, 0.5) is 5.69 Å². The highest BCUT2D eigenvalue weighted by atomic mass is 35.5. The van der Waals surface area contributed by atoms with E-state index in [1.807, 2.05) is 0 Å². The molecule has 0 aliphatic carbocycles. The lowest BCUT2D eigenvalue weighted by molar-refractivity contribution is -0.149. The molecule has 2 aliphatic heterocycles. The number of aliphatic carboxylic acids is 1. The number of hydrogen-bond acceptors (Lipinski definition) is 4. The van der Waals surface area contributed by atoms with Gasteiger partial charge in [0.1, 0.15) is 5.75 Å². The van der Waals surface area contributed by atoms with Crippen LogP contribution in [0.5, 0.6) is 5.75 Å². The van der Waals surface area contributed by atoms with Crippen LogP contribution in [0.15, 0.2) is 18.2 Å². The number of carboxylic acids is 1. The number of amides is 1. The Balaban J connectivity index is 1.78. The average molecular weight is 312 g/mol. The third kappa shape index (κ3) is 2.82. The topological polar surface area (TPSA) is 76.1 Å². The van der Waals surface area contributed by atoms with Gasteiger partial charge in [-0.1, -0.05) is 11.6 Å². The third-order valence-corrected chi connectivity index (χ3v) is 3.87. The first-order valence-corrected chi connectivity index (χ1v) is 7.03. The summed E-state index contributed by atoms with van der Waals surface area (Å²) in [6.07, 6.45) is -0.0109. The van der Waals surface area contributed by atoms with E-state index < -0.39 is 12.1 Å². The van der Waals surface area contributed by atoms with Gasteiger partial charge in [0.15, 0.2) is 12.7 Å². The maximum Gasteiger partial charge on any atom is 0.332 e.